The molecule has 0 saturated carbocycles. The van der Waals surface area contributed by atoms with Gasteiger partial charge in [0.05, 0.1) is 17.8 Å². The minimum absolute atomic E-state index is 0.0142. The lowest BCUT2D eigenvalue weighted by Gasteiger charge is -2.28. The number of halogens is 1. The first-order valence-electron chi connectivity index (χ1n) is 10.1. The molecule has 1 saturated heterocycles. The summed E-state index contributed by atoms with van der Waals surface area (Å²) in [7, 11) is 1.49. The smallest absolute Gasteiger partial charge is 0.250 e. The Morgan fingerprint density at radius 2 is 1.97 bits per heavy atom. The fraction of sp³-hybridized carbons (Fsp3) is 0.261. The van der Waals surface area contributed by atoms with E-state index in [1.165, 1.54) is 16.2 Å². The van der Waals surface area contributed by atoms with Gasteiger partial charge in [0.25, 0.3) is 0 Å². The molecule has 1 aliphatic rings. The van der Waals surface area contributed by atoms with Gasteiger partial charge >= 0.3 is 0 Å². The Hall–Kier alpha value is -2.50. The Kier molecular flexibility index (Phi) is 6.77. The third-order valence-corrected chi connectivity index (χ3v) is 7.15. The first-order valence-corrected chi connectivity index (χ1v) is 11.6. The third kappa shape index (κ3) is 4.37. The summed E-state index contributed by atoms with van der Waals surface area (Å²) in [4.78, 5) is 22.0. The highest BCUT2D eigenvalue weighted by Gasteiger charge is 2.42. The van der Waals surface area contributed by atoms with E-state index in [9.17, 15) is 4.79 Å². The summed E-state index contributed by atoms with van der Waals surface area (Å²) in [6, 6.07) is 13.4. The van der Waals surface area contributed by atoms with Crippen molar-refractivity contribution in [3.8, 4) is 0 Å². The van der Waals surface area contributed by atoms with Crippen LogP contribution in [-0.4, -0.2) is 34.7 Å². The van der Waals surface area contributed by atoms with E-state index >= 15 is 0 Å². The Bertz CT molecular complexity index is 1130. The van der Waals surface area contributed by atoms with Crippen LogP contribution >= 0.6 is 34.8 Å². The SMILES string of the molecule is COCC(=O)Nc1ccc(N2C(=S)N[C@@H](c3ccccn3)[C@@H]2c2c(C)[nH]c(C)c2I)cc1. The number of carbonyl (C=O) groups excluding carboxylic acids is 1. The number of thiocarbonyl (C=S) groups is 1. The van der Waals surface area contributed by atoms with Gasteiger partial charge in [0.1, 0.15) is 6.61 Å². The molecule has 1 amide bonds. The van der Waals surface area contributed by atoms with Gasteiger partial charge in [-0.25, -0.2) is 0 Å². The number of nitrogens with zero attached hydrogens (tertiary/aromatic N) is 2. The summed E-state index contributed by atoms with van der Waals surface area (Å²) >= 11 is 8.19. The van der Waals surface area contributed by atoms with Crippen LogP contribution in [0.2, 0.25) is 0 Å². The van der Waals surface area contributed by atoms with Crippen molar-refractivity contribution in [2.45, 2.75) is 25.9 Å². The summed E-state index contributed by atoms with van der Waals surface area (Å²) in [6.45, 7) is 4.19. The zero-order chi connectivity index (χ0) is 22.8. The number of aryl methyl sites for hydroxylation is 2. The predicted octanol–water partition coefficient (Wildman–Crippen LogP) is 4.39. The Morgan fingerprint density at radius 3 is 2.56 bits per heavy atom. The molecule has 9 heteroatoms. The average Bonchev–Trinajstić information content (AvgIpc) is 3.24. The van der Waals surface area contributed by atoms with Crippen molar-refractivity contribution in [2.24, 2.45) is 0 Å². The molecule has 3 N–H and O–H groups in total. The van der Waals surface area contributed by atoms with Gasteiger partial charge in [-0.1, -0.05) is 6.07 Å². The second-order valence-electron chi connectivity index (χ2n) is 7.63. The lowest BCUT2D eigenvalue weighted by molar-refractivity contribution is -0.119. The topological polar surface area (TPSA) is 82.3 Å². The van der Waals surface area contributed by atoms with Crippen LogP contribution in [0.5, 0.6) is 0 Å². The van der Waals surface area contributed by atoms with Crippen LogP contribution in [0.3, 0.4) is 0 Å². The van der Waals surface area contributed by atoms with Crippen LogP contribution in [0.25, 0.3) is 0 Å². The van der Waals surface area contributed by atoms with Crippen molar-refractivity contribution in [3.63, 3.8) is 0 Å². The molecular weight excluding hydrogens is 537 g/mol. The predicted molar refractivity (Wildman–Crippen MR) is 138 cm³/mol. The van der Waals surface area contributed by atoms with E-state index in [0.29, 0.717) is 10.8 Å². The molecule has 0 unspecified atom stereocenters. The highest BCUT2D eigenvalue weighted by molar-refractivity contribution is 14.1. The first kappa shape index (κ1) is 22.7. The van der Waals surface area contributed by atoms with Gasteiger partial charge in [-0.05, 0) is 85.1 Å². The molecule has 166 valence electrons. The van der Waals surface area contributed by atoms with E-state index in [-0.39, 0.29) is 24.6 Å². The fourth-order valence-corrected chi connectivity index (χ4v) is 5.29. The number of anilines is 2. The van der Waals surface area contributed by atoms with Crippen molar-refractivity contribution in [2.75, 3.05) is 23.9 Å². The third-order valence-electron chi connectivity index (χ3n) is 5.44. The minimum Gasteiger partial charge on any atom is -0.375 e. The van der Waals surface area contributed by atoms with Gasteiger partial charge in [0, 0.05) is 45.2 Å². The molecule has 1 aromatic carbocycles. The van der Waals surface area contributed by atoms with Gasteiger partial charge < -0.3 is 25.3 Å². The van der Waals surface area contributed by atoms with Crippen LogP contribution in [0.4, 0.5) is 11.4 Å². The quantitative estimate of drug-likeness (QED) is 0.306. The molecule has 3 aromatic rings. The highest BCUT2D eigenvalue weighted by Crippen LogP contribution is 2.44. The monoisotopic (exact) mass is 561 g/mol. The number of carbonyl (C=O) groups is 1. The van der Waals surface area contributed by atoms with Crippen molar-refractivity contribution in [1.29, 1.82) is 0 Å². The van der Waals surface area contributed by atoms with E-state index < -0.39 is 0 Å². The highest BCUT2D eigenvalue weighted by atomic mass is 127. The van der Waals surface area contributed by atoms with Crippen LogP contribution in [0, 0.1) is 17.4 Å². The molecule has 3 heterocycles. The molecule has 0 aliphatic carbocycles. The summed E-state index contributed by atoms with van der Waals surface area (Å²) in [5.74, 6) is -0.195. The second kappa shape index (κ2) is 9.55. The summed E-state index contributed by atoms with van der Waals surface area (Å²) in [6.07, 6.45) is 1.80. The van der Waals surface area contributed by atoms with E-state index in [1.807, 2.05) is 42.5 Å². The Balaban J connectivity index is 1.74. The van der Waals surface area contributed by atoms with Crippen LogP contribution in [-0.2, 0) is 9.53 Å². The van der Waals surface area contributed by atoms with Crippen molar-refractivity contribution in [1.82, 2.24) is 15.3 Å². The Morgan fingerprint density at radius 1 is 1.22 bits per heavy atom. The number of ether oxygens (including phenoxy) is 1. The van der Waals surface area contributed by atoms with Gasteiger partial charge in [0.2, 0.25) is 5.91 Å². The maximum atomic E-state index is 11.8. The zero-order valence-corrected chi connectivity index (χ0v) is 21.0. The molecule has 0 radical (unpaired) electrons. The molecular formula is C23H24IN5O2S. The summed E-state index contributed by atoms with van der Waals surface area (Å²) in [5.41, 5.74) is 6.01. The minimum atomic E-state index is -0.195. The first-order chi connectivity index (χ1) is 15.4. The van der Waals surface area contributed by atoms with E-state index in [1.54, 1.807) is 6.20 Å². The summed E-state index contributed by atoms with van der Waals surface area (Å²) < 4.78 is 6.07. The number of pyridine rings is 1. The number of benzene rings is 1. The van der Waals surface area contributed by atoms with Gasteiger partial charge in [-0.2, -0.15) is 0 Å². The Labute approximate surface area is 206 Å². The van der Waals surface area contributed by atoms with Crippen LogP contribution in [0.1, 0.15) is 34.7 Å². The van der Waals surface area contributed by atoms with Gasteiger partial charge in [-0.15, -0.1) is 0 Å². The number of nitrogens with one attached hydrogen (secondary N) is 3. The molecule has 1 fully saturated rings. The van der Waals surface area contributed by atoms with E-state index in [0.717, 1.165) is 22.8 Å². The number of rotatable bonds is 6. The van der Waals surface area contributed by atoms with Gasteiger partial charge in [-0.3, -0.25) is 9.78 Å². The van der Waals surface area contributed by atoms with Crippen LogP contribution in [0.15, 0.2) is 48.7 Å². The standard InChI is InChI=1S/C23H24IN5O2S/c1-13-19(20(24)14(2)26-13)22-21(17-6-4-5-11-25-17)28-23(32)29(22)16-9-7-15(8-10-16)27-18(30)12-31-3/h4-11,21-22,26H,12H2,1-3H3,(H,27,30)(H,28,32)/t21-,22-/m0/s1. The van der Waals surface area contributed by atoms with E-state index in [2.05, 4.69) is 61.9 Å². The van der Waals surface area contributed by atoms with Crippen LogP contribution < -0.4 is 15.5 Å². The molecule has 2 atom stereocenters. The molecule has 2 aromatic heterocycles. The summed E-state index contributed by atoms with van der Waals surface area (Å²) in [5, 5.41) is 6.94. The number of methoxy groups -OCH3 is 1. The lowest BCUT2D eigenvalue weighted by atomic mass is 9.96. The van der Waals surface area contributed by atoms with Crippen molar-refractivity contribution < 1.29 is 9.53 Å². The molecule has 7 nitrogen and oxygen atoms in total. The normalized spacial score (nSPS) is 18.0. The zero-order valence-electron chi connectivity index (χ0n) is 18.0. The maximum Gasteiger partial charge on any atom is 0.250 e. The molecule has 1 aliphatic heterocycles. The number of hydrogen-bond acceptors (Lipinski definition) is 4. The largest absolute Gasteiger partial charge is 0.375 e. The number of aromatic amines is 1. The average molecular weight is 561 g/mol. The molecule has 0 bridgehead atoms. The number of aromatic nitrogens is 2. The van der Waals surface area contributed by atoms with Crippen molar-refractivity contribution in [3.05, 3.63) is 74.9 Å². The number of H-pyrrole nitrogens is 1. The van der Waals surface area contributed by atoms with Crippen molar-refractivity contribution >= 4 is 57.2 Å². The molecule has 4 rings (SSSR count). The second-order valence-corrected chi connectivity index (χ2v) is 9.09. The van der Waals surface area contributed by atoms with Gasteiger partial charge in [0.15, 0.2) is 5.11 Å². The molecule has 0 spiro atoms. The number of hydrogen-bond donors (Lipinski definition) is 3. The molecule has 32 heavy (non-hydrogen) atoms. The maximum absolute atomic E-state index is 11.8. The van der Waals surface area contributed by atoms with E-state index in [4.69, 9.17) is 17.0 Å². The lowest BCUT2D eigenvalue weighted by Crippen LogP contribution is -2.29. The number of amides is 1. The fourth-order valence-electron chi connectivity index (χ4n) is 4.08.